The molecule has 138 valence electrons. The van der Waals surface area contributed by atoms with Crippen LogP contribution < -0.4 is 11.1 Å². The number of benzene rings is 1. The van der Waals surface area contributed by atoms with Gasteiger partial charge in [-0.2, -0.15) is 5.26 Å². The first-order valence-electron chi connectivity index (χ1n) is 8.55. The molecule has 1 aliphatic rings. The number of anilines is 1. The molecule has 0 aromatic heterocycles. The van der Waals surface area contributed by atoms with E-state index in [-0.39, 0.29) is 17.6 Å². The van der Waals surface area contributed by atoms with E-state index < -0.39 is 12.0 Å². The number of nitrogens with zero attached hydrogens (tertiary/aromatic N) is 1. The van der Waals surface area contributed by atoms with Crippen molar-refractivity contribution in [2.24, 2.45) is 5.73 Å². The van der Waals surface area contributed by atoms with E-state index in [1.165, 1.54) is 6.08 Å². The van der Waals surface area contributed by atoms with Gasteiger partial charge < -0.3 is 20.5 Å². The van der Waals surface area contributed by atoms with Crippen LogP contribution >= 0.6 is 0 Å². The number of nitrogens with two attached hydrogens (primary N) is 1. The van der Waals surface area contributed by atoms with Crippen molar-refractivity contribution in [3.05, 3.63) is 35.4 Å². The number of hydrogen-bond acceptors (Lipinski definition) is 5. The summed E-state index contributed by atoms with van der Waals surface area (Å²) in [7, 11) is 0. The Morgan fingerprint density at radius 3 is 2.73 bits per heavy atom. The maximum Gasteiger partial charge on any atom is 0.259 e. The second-order valence-electron chi connectivity index (χ2n) is 6.11. The summed E-state index contributed by atoms with van der Waals surface area (Å²) in [6, 6.07) is 8.45. The summed E-state index contributed by atoms with van der Waals surface area (Å²) >= 11 is 0. The van der Waals surface area contributed by atoms with E-state index in [1.54, 1.807) is 37.3 Å². The minimum absolute atomic E-state index is 0.0599. The van der Waals surface area contributed by atoms with Crippen LogP contribution in [0.25, 0.3) is 6.08 Å². The van der Waals surface area contributed by atoms with Crippen molar-refractivity contribution >= 4 is 23.6 Å². The summed E-state index contributed by atoms with van der Waals surface area (Å²) in [6.07, 6.45) is 4.01. The maximum absolute atomic E-state index is 12.2. The fourth-order valence-electron chi connectivity index (χ4n) is 2.50. The molecule has 2 rings (SSSR count). The third kappa shape index (κ3) is 5.99. The van der Waals surface area contributed by atoms with Crippen molar-refractivity contribution in [1.82, 2.24) is 0 Å². The Morgan fingerprint density at radius 2 is 2.15 bits per heavy atom. The highest BCUT2D eigenvalue weighted by Crippen LogP contribution is 2.15. The highest BCUT2D eigenvalue weighted by Gasteiger charge is 2.19. The predicted molar refractivity (Wildman–Crippen MR) is 96.9 cm³/mol. The average Bonchev–Trinajstić information content (AvgIpc) is 2.66. The van der Waals surface area contributed by atoms with E-state index in [4.69, 9.17) is 20.5 Å². The van der Waals surface area contributed by atoms with Gasteiger partial charge in [0.05, 0.1) is 12.7 Å². The van der Waals surface area contributed by atoms with Gasteiger partial charge >= 0.3 is 0 Å². The summed E-state index contributed by atoms with van der Waals surface area (Å²) < 4.78 is 11.2. The van der Waals surface area contributed by atoms with Crippen LogP contribution in [-0.2, 0) is 19.1 Å². The van der Waals surface area contributed by atoms with Gasteiger partial charge in [-0.05, 0) is 50.0 Å². The van der Waals surface area contributed by atoms with Crippen LogP contribution in [0, 0.1) is 11.3 Å². The standard InChI is InChI=1S/C19H23N3O4/c1-13(26-12-17-4-2-3-9-25-17)19(24)22-16-7-5-14(6-8-16)10-15(11-20)18(21)23/h5-8,10,13,17H,2-4,9,12H2,1H3,(H2,21,23)(H,22,24)/b15-10-. The van der Waals surface area contributed by atoms with Crippen molar-refractivity contribution in [2.75, 3.05) is 18.5 Å². The molecule has 1 fully saturated rings. The quantitative estimate of drug-likeness (QED) is 0.572. The number of hydrogen-bond donors (Lipinski definition) is 2. The molecular weight excluding hydrogens is 334 g/mol. The summed E-state index contributed by atoms with van der Waals surface area (Å²) in [5.74, 6) is -1.03. The molecule has 0 spiro atoms. The predicted octanol–water partition coefficient (Wildman–Crippen LogP) is 1.99. The van der Waals surface area contributed by atoms with Gasteiger partial charge in [-0.15, -0.1) is 0 Å². The molecule has 0 radical (unpaired) electrons. The zero-order valence-corrected chi connectivity index (χ0v) is 14.7. The van der Waals surface area contributed by atoms with E-state index >= 15 is 0 Å². The maximum atomic E-state index is 12.2. The molecule has 7 heteroatoms. The van der Waals surface area contributed by atoms with E-state index in [2.05, 4.69) is 5.32 Å². The number of carbonyl (C=O) groups excluding carboxylic acids is 2. The second-order valence-corrected chi connectivity index (χ2v) is 6.11. The minimum Gasteiger partial charge on any atom is -0.376 e. The molecular formula is C19H23N3O4. The van der Waals surface area contributed by atoms with Crippen LogP contribution in [0.4, 0.5) is 5.69 Å². The van der Waals surface area contributed by atoms with Crippen molar-refractivity contribution in [3.8, 4) is 6.07 Å². The van der Waals surface area contributed by atoms with Gasteiger partial charge in [0.1, 0.15) is 17.7 Å². The Labute approximate surface area is 152 Å². The van der Waals surface area contributed by atoms with E-state index in [1.807, 2.05) is 0 Å². The van der Waals surface area contributed by atoms with Crippen molar-refractivity contribution in [3.63, 3.8) is 0 Å². The number of nitrogens with one attached hydrogen (secondary N) is 1. The number of amides is 2. The molecule has 2 amide bonds. The lowest BCUT2D eigenvalue weighted by molar-refractivity contribution is -0.130. The molecule has 1 saturated heterocycles. The lowest BCUT2D eigenvalue weighted by Gasteiger charge is -2.23. The smallest absolute Gasteiger partial charge is 0.259 e. The van der Waals surface area contributed by atoms with E-state index in [9.17, 15) is 9.59 Å². The molecule has 2 atom stereocenters. The van der Waals surface area contributed by atoms with Gasteiger partial charge in [-0.25, -0.2) is 0 Å². The third-order valence-corrected chi connectivity index (χ3v) is 4.05. The number of ether oxygens (including phenoxy) is 2. The Kier molecular flexibility index (Phi) is 7.33. The van der Waals surface area contributed by atoms with Gasteiger partial charge in [0.2, 0.25) is 0 Å². The molecule has 0 bridgehead atoms. The first-order chi connectivity index (χ1) is 12.5. The summed E-state index contributed by atoms with van der Waals surface area (Å²) in [5.41, 5.74) is 6.19. The van der Waals surface area contributed by atoms with Gasteiger partial charge in [-0.1, -0.05) is 12.1 Å². The Balaban J connectivity index is 1.86. The van der Waals surface area contributed by atoms with Crippen LogP contribution in [0.3, 0.4) is 0 Å². The lowest BCUT2D eigenvalue weighted by Crippen LogP contribution is -2.32. The molecule has 3 N–H and O–H groups in total. The van der Waals surface area contributed by atoms with Gasteiger partial charge in [0.25, 0.3) is 11.8 Å². The second kappa shape index (κ2) is 9.70. The zero-order chi connectivity index (χ0) is 18.9. The minimum atomic E-state index is -0.780. The van der Waals surface area contributed by atoms with Crippen LogP contribution in [0.1, 0.15) is 31.7 Å². The summed E-state index contributed by atoms with van der Waals surface area (Å²) in [6.45, 7) is 2.85. The van der Waals surface area contributed by atoms with Crippen molar-refractivity contribution in [2.45, 2.75) is 38.4 Å². The molecule has 7 nitrogen and oxygen atoms in total. The largest absolute Gasteiger partial charge is 0.376 e. The molecule has 26 heavy (non-hydrogen) atoms. The topological polar surface area (TPSA) is 114 Å². The van der Waals surface area contributed by atoms with Crippen LogP contribution in [0.2, 0.25) is 0 Å². The normalized spacial score (nSPS) is 18.6. The number of nitriles is 1. The molecule has 1 heterocycles. The number of carbonyl (C=O) groups is 2. The lowest BCUT2D eigenvalue weighted by atomic mass is 10.1. The molecule has 2 unspecified atom stereocenters. The molecule has 1 aromatic carbocycles. The number of primary amides is 1. The van der Waals surface area contributed by atoms with Crippen molar-refractivity contribution in [1.29, 1.82) is 5.26 Å². The highest BCUT2D eigenvalue weighted by atomic mass is 16.5. The Hall–Kier alpha value is -2.69. The fraction of sp³-hybridized carbons (Fsp3) is 0.421. The first-order valence-corrected chi connectivity index (χ1v) is 8.55. The number of rotatable bonds is 7. The van der Waals surface area contributed by atoms with Crippen LogP contribution in [0.5, 0.6) is 0 Å². The van der Waals surface area contributed by atoms with Gasteiger partial charge in [0.15, 0.2) is 0 Å². The van der Waals surface area contributed by atoms with Gasteiger partial charge in [-0.3, -0.25) is 9.59 Å². The van der Waals surface area contributed by atoms with Crippen molar-refractivity contribution < 1.29 is 19.1 Å². The average molecular weight is 357 g/mol. The molecule has 0 aliphatic carbocycles. The van der Waals surface area contributed by atoms with Gasteiger partial charge in [0, 0.05) is 12.3 Å². The highest BCUT2D eigenvalue weighted by molar-refractivity contribution is 6.00. The Morgan fingerprint density at radius 1 is 1.42 bits per heavy atom. The Bertz CT molecular complexity index is 700. The zero-order valence-electron chi connectivity index (χ0n) is 14.7. The van der Waals surface area contributed by atoms with E-state index in [0.717, 1.165) is 25.9 Å². The summed E-state index contributed by atoms with van der Waals surface area (Å²) in [4.78, 5) is 23.2. The molecule has 0 saturated carbocycles. The molecule has 1 aromatic rings. The first kappa shape index (κ1) is 19.6. The monoisotopic (exact) mass is 357 g/mol. The fourth-order valence-corrected chi connectivity index (χ4v) is 2.50. The van der Waals surface area contributed by atoms with Crippen LogP contribution in [-0.4, -0.2) is 37.2 Å². The van der Waals surface area contributed by atoms with E-state index in [0.29, 0.717) is 17.9 Å². The van der Waals surface area contributed by atoms with Crippen LogP contribution in [0.15, 0.2) is 29.8 Å². The SMILES string of the molecule is CC(OCC1CCCCO1)C(=O)Nc1ccc(/C=C(/C#N)C(N)=O)cc1. The molecule has 1 aliphatic heterocycles. The summed E-state index contributed by atoms with van der Waals surface area (Å²) in [5, 5.41) is 11.6. The third-order valence-electron chi connectivity index (χ3n) is 4.05.